The number of rotatable bonds is 20. The van der Waals surface area contributed by atoms with Crippen LogP contribution in [0.5, 0.6) is 57.5 Å². The van der Waals surface area contributed by atoms with Crippen LogP contribution in [0.3, 0.4) is 0 Å². The Morgan fingerprint density at radius 3 is 0.625 bits per heavy atom. The Bertz CT molecular complexity index is 4480. The molecule has 690 valence electrons. The summed E-state index contributed by atoms with van der Waals surface area (Å²) in [5, 5.41) is 25.9. The minimum absolute atomic E-state index is 0.153. The van der Waals surface area contributed by atoms with Crippen molar-refractivity contribution >= 4 is 69.6 Å². The van der Waals surface area contributed by atoms with Crippen LogP contribution in [0, 0.1) is 0 Å². The number of benzene rings is 8. The van der Waals surface area contributed by atoms with Crippen molar-refractivity contribution in [1.82, 2.24) is 0 Å². The molecule has 4 aliphatic rings. The molecule has 0 aromatic heterocycles. The second kappa shape index (κ2) is 53.6. The second-order valence-corrected chi connectivity index (χ2v) is 34.8. The Hall–Kier alpha value is -11.2. The lowest BCUT2D eigenvalue weighted by Gasteiger charge is -2.25. The first-order valence-corrected chi connectivity index (χ1v) is 48.6. The molecule has 8 N–H and O–H groups in total. The van der Waals surface area contributed by atoms with Crippen LogP contribution in [0.25, 0.3) is 0 Å². The van der Waals surface area contributed by atoms with E-state index >= 15 is 19.2 Å². The quantitative estimate of drug-likeness (QED) is 0.0330. The molecule has 0 unspecified atom stereocenters. The van der Waals surface area contributed by atoms with Gasteiger partial charge >= 0.3 is 24.1 Å². The number of unbranched alkanes of at least 4 members (excludes halogenated alkanes) is 8. The summed E-state index contributed by atoms with van der Waals surface area (Å²) in [6.07, 6.45) is 35.8. The summed E-state index contributed by atoms with van der Waals surface area (Å²) in [5.41, 5.74) is 9.68. The molecule has 3 heterocycles. The molecule has 22 bridgehead atoms. The van der Waals surface area contributed by atoms with E-state index in [4.69, 9.17) is 47.4 Å². The molecule has 8 aromatic carbocycles. The van der Waals surface area contributed by atoms with Gasteiger partial charge in [0.05, 0.1) is 66.1 Å². The number of carbonyl (C=O) groups is 4. The fourth-order valence-corrected chi connectivity index (χ4v) is 17.1. The molecule has 0 spiro atoms. The molecule has 0 saturated heterocycles. The molecular formula is C106H142N8O14. The van der Waals surface area contributed by atoms with Crippen LogP contribution in [0.2, 0.25) is 0 Å². The van der Waals surface area contributed by atoms with Gasteiger partial charge in [0.25, 0.3) is 0 Å². The van der Waals surface area contributed by atoms with Crippen molar-refractivity contribution in [3.63, 3.8) is 0 Å². The van der Waals surface area contributed by atoms with Crippen LogP contribution in [0.1, 0.15) is 303 Å². The third-order valence-electron chi connectivity index (χ3n) is 23.7. The lowest BCUT2D eigenvalue weighted by molar-refractivity contribution is 0.261. The minimum atomic E-state index is -0.503. The number of carbonyl (C=O) groups excluding carboxylic acids is 4. The molecule has 22 nitrogen and oxygen atoms in total. The smallest absolute Gasteiger partial charge is 0.323 e. The Labute approximate surface area is 760 Å². The molecule has 0 radical (unpaired) electrons. The topological polar surface area (TPSA) is 257 Å². The van der Waals surface area contributed by atoms with Crippen molar-refractivity contribution in [3.05, 3.63) is 178 Å². The fourth-order valence-electron chi connectivity index (χ4n) is 17.1. The van der Waals surface area contributed by atoms with Crippen molar-refractivity contribution < 1.29 is 66.5 Å². The van der Waals surface area contributed by atoms with Gasteiger partial charge in [-0.2, -0.15) is 0 Å². The van der Waals surface area contributed by atoms with Gasteiger partial charge in [-0.25, -0.2) is 19.2 Å². The Morgan fingerprint density at radius 2 is 0.406 bits per heavy atom. The molecule has 3 aliphatic heterocycles. The highest BCUT2D eigenvalue weighted by atomic mass is 16.5. The van der Waals surface area contributed by atoms with Crippen molar-refractivity contribution in [2.24, 2.45) is 0 Å². The Balaban J connectivity index is 1.09. The highest BCUT2D eigenvalue weighted by Crippen LogP contribution is 2.45. The summed E-state index contributed by atoms with van der Waals surface area (Å²) in [5.74, 6) is 6.07. The molecule has 22 heteroatoms. The van der Waals surface area contributed by atoms with Gasteiger partial charge in [0, 0.05) is 164 Å². The van der Waals surface area contributed by atoms with E-state index < -0.39 is 24.1 Å². The van der Waals surface area contributed by atoms with Gasteiger partial charge in [-0.15, -0.1) is 0 Å². The lowest BCUT2D eigenvalue weighted by Crippen LogP contribution is -2.21. The van der Waals surface area contributed by atoms with E-state index in [-0.39, 0.29) is 25.7 Å². The highest BCUT2D eigenvalue weighted by molar-refractivity contribution is 6.03. The van der Waals surface area contributed by atoms with E-state index in [1.807, 2.05) is 133 Å². The van der Waals surface area contributed by atoms with Crippen LogP contribution >= 0.6 is 0 Å². The monoisotopic (exact) mass is 1750 g/mol. The summed E-state index contributed by atoms with van der Waals surface area (Å²) >= 11 is 0. The number of nitrogens with one attached hydrogen (secondary N) is 8. The van der Waals surface area contributed by atoms with E-state index in [9.17, 15) is 0 Å². The third-order valence-corrected chi connectivity index (χ3v) is 23.7. The molecule has 8 amide bonds. The van der Waals surface area contributed by atoms with Crippen LogP contribution in [0.4, 0.5) is 64.7 Å². The van der Waals surface area contributed by atoms with Crippen LogP contribution in [-0.4, -0.2) is 90.2 Å². The zero-order valence-corrected chi connectivity index (χ0v) is 76.8. The first-order chi connectivity index (χ1) is 62.9. The van der Waals surface area contributed by atoms with E-state index in [1.165, 1.54) is 0 Å². The summed E-state index contributed by atoms with van der Waals surface area (Å²) in [4.78, 5) is 60.8. The number of amides is 8. The summed E-state index contributed by atoms with van der Waals surface area (Å²) in [6, 6.07) is 40.2. The molecule has 12 rings (SSSR count). The van der Waals surface area contributed by atoms with Crippen LogP contribution in [-0.2, 0) is 25.7 Å². The Kier molecular flexibility index (Phi) is 40.2. The first kappa shape index (κ1) is 95.9. The normalized spacial score (nSPS) is 16.2. The maximum absolute atomic E-state index is 15.4. The van der Waals surface area contributed by atoms with Crippen molar-refractivity contribution in [2.75, 3.05) is 109 Å². The predicted molar refractivity (Wildman–Crippen MR) is 517 cm³/mol. The summed E-state index contributed by atoms with van der Waals surface area (Å²) < 4.78 is 68.3. The number of fused-ring (bicyclic) bond motifs is 16. The predicted octanol–water partition coefficient (Wildman–Crippen LogP) is 27.9. The third kappa shape index (κ3) is 32.5. The van der Waals surface area contributed by atoms with Crippen molar-refractivity contribution in [1.29, 1.82) is 0 Å². The number of ether oxygens (including phenoxy) is 10. The van der Waals surface area contributed by atoms with E-state index in [0.717, 1.165) is 231 Å². The molecular weight excluding hydrogens is 1610 g/mol. The van der Waals surface area contributed by atoms with Crippen LogP contribution in [0.15, 0.2) is 133 Å². The Morgan fingerprint density at radius 1 is 0.219 bits per heavy atom. The average Bonchev–Trinajstić information content (AvgIpc) is 0.768. The van der Waals surface area contributed by atoms with Crippen molar-refractivity contribution in [3.8, 4) is 57.5 Å². The fraction of sp³-hybridized carbons (Fsp3) is 0.509. The van der Waals surface area contributed by atoms with Crippen LogP contribution < -0.4 is 89.9 Å². The van der Waals surface area contributed by atoms with Gasteiger partial charge < -0.3 is 89.9 Å². The zero-order valence-electron chi connectivity index (χ0n) is 76.8. The minimum Gasteiger partial charge on any atom is -0.494 e. The molecule has 0 fully saturated rings. The maximum atomic E-state index is 15.4. The summed E-state index contributed by atoms with van der Waals surface area (Å²) in [7, 11) is 0. The average molecular weight is 1750 g/mol. The lowest BCUT2D eigenvalue weighted by atomic mass is 9.90. The number of hydrogen-bond acceptors (Lipinski definition) is 14. The maximum Gasteiger partial charge on any atom is 0.323 e. The largest absolute Gasteiger partial charge is 0.494 e. The van der Waals surface area contributed by atoms with Gasteiger partial charge in [0.1, 0.15) is 57.5 Å². The summed E-state index contributed by atoms with van der Waals surface area (Å²) in [6.45, 7) is 13.2. The second-order valence-electron chi connectivity index (χ2n) is 34.8. The molecule has 8 aromatic rings. The van der Waals surface area contributed by atoms with Gasteiger partial charge in [0.2, 0.25) is 0 Å². The molecule has 128 heavy (non-hydrogen) atoms. The molecule has 0 atom stereocenters. The first-order valence-electron chi connectivity index (χ1n) is 48.6. The molecule has 0 saturated carbocycles. The van der Waals surface area contributed by atoms with E-state index in [0.29, 0.717) is 214 Å². The number of hydrogen-bond donors (Lipinski definition) is 8. The van der Waals surface area contributed by atoms with E-state index in [2.05, 4.69) is 70.2 Å². The zero-order chi connectivity index (χ0) is 89.0. The van der Waals surface area contributed by atoms with Gasteiger partial charge in [-0.3, -0.25) is 0 Å². The number of anilines is 8. The molecule has 1 aliphatic carbocycles. The standard InChI is InChI=1S/C106H142N8O14/c1-5-9-31-53-125-99-77-57-78-62-88-64-80(100(78)126-54-32-10-6-2)59-82-66-90-68-84(102(82)128-56-34-12-8-4)60-83-67-89-65-81(101(83)127-55-33-11-7-3)58-79(99)63-87(61-77)109-103(115)107-85-43-41-45-93(69-85)119-47-35-25-19-13-15-21-27-37-49-121-95-71-91(113-105(117)111-89)73-97(75-95)123-51-39-29-23-17-18-24-30-40-52-124-98-74-92(114-106(118)112-90)72-96(76-98)122-50-38-28-22-16-14-20-26-36-48-120-94-46-42-44-86(70-94)108-104(116)110-88/h41-46,61-76H,5-40,47-60H2,1-4H3,(H2,107,109,115)(H2,108,110,116)(H2,111,113,117)(H2,112,114,118). The number of urea groups is 4. The van der Waals surface area contributed by atoms with Gasteiger partial charge in [-0.05, 0) is 137 Å². The van der Waals surface area contributed by atoms with Crippen molar-refractivity contribution in [2.45, 2.75) is 285 Å². The van der Waals surface area contributed by atoms with Gasteiger partial charge in [-0.1, -0.05) is 207 Å². The SMILES string of the molecule is CCCCCOc1c2cc3cc1Cc1cc4cc(c1OCCCCC)Cc1cc5cc(c1OCCCCC)Cc1cc(cc(c1OCCCCC)C2)NC(=O)Nc1cccc(c1)OCCCCCCCCCCOc1cc(cc(c1)OCCCCCCCCCCOc1cc(cc(c1)OCCCCCCCCCCOc1cccc(c1)NC(=O)N3)NC(=O)N4)NC(=O)N5. The van der Waals surface area contributed by atoms with Gasteiger partial charge in [0.15, 0.2) is 0 Å². The van der Waals surface area contributed by atoms with E-state index in [1.54, 1.807) is 0 Å². The highest BCUT2D eigenvalue weighted by Gasteiger charge is 2.28.